The fourth-order valence-corrected chi connectivity index (χ4v) is 4.19. The molecule has 1 fully saturated rings. The van der Waals surface area contributed by atoms with Crippen molar-refractivity contribution >= 4 is 6.03 Å². The van der Waals surface area contributed by atoms with E-state index in [4.69, 9.17) is 0 Å². The molecule has 0 aliphatic heterocycles. The monoisotopic (exact) mass is 414 g/mol. The van der Waals surface area contributed by atoms with Crippen molar-refractivity contribution in [2.75, 3.05) is 0 Å². The van der Waals surface area contributed by atoms with E-state index in [-0.39, 0.29) is 12.1 Å². The van der Waals surface area contributed by atoms with E-state index in [2.05, 4.69) is 75.5 Å². The van der Waals surface area contributed by atoms with Gasteiger partial charge >= 0.3 is 6.03 Å². The first-order chi connectivity index (χ1) is 15.3. The van der Waals surface area contributed by atoms with Crippen LogP contribution in [0.25, 0.3) is 11.1 Å². The van der Waals surface area contributed by atoms with Gasteiger partial charge in [0.2, 0.25) is 0 Å². The summed E-state index contributed by atoms with van der Waals surface area (Å²) in [5.41, 5.74) is 4.87. The number of benzene rings is 2. The van der Waals surface area contributed by atoms with Gasteiger partial charge in [0.1, 0.15) is 0 Å². The molecule has 0 bridgehead atoms. The minimum Gasteiger partial charge on any atom is -0.335 e. The maximum Gasteiger partial charge on any atom is 0.315 e. The molecule has 0 unspecified atom stereocenters. The van der Waals surface area contributed by atoms with E-state index in [9.17, 15) is 4.79 Å². The molecule has 4 rings (SSSR count). The van der Waals surface area contributed by atoms with Crippen molar-refractivity contribution in [1.29, 1.82) is 0 Å². The van der Waals surface area contributed by atoms with E-state index in [1.807, 2.05) is 12.1 Å². The number of carbonyl (C=O) groups excluding carboxylic acids is 1. The molecule has 1 aliphatic carbocycles. The Morgan fingerprint density at radius 2 is 1.58 bits per heavy atom. The Hall–Kier alpha value is -3.18. The van der Waals surface area contributed by atoms with E-state index >= 15 is 0 Å². The SMILES string of the molecule is O=C(NCc1cccnc1)N[C@H]1CC[C@H](NCc2ccccc2-c2ccccc2)CC1. The molecule has 0 spiro atoms. The highest BCUT2D eigenvalue weighted by molar-refractivity contribution is 5.74. The summed E-state index contributed by atoms with van der Waals surface area (Å²) >= 11 is 0. The van der Waals surface area contributed by atoms with Crippen LogP contribution in [0.4, 0.5) is 4.79 Å². The van der Waals surface area contributed by atoms with Crippen molar-refractivity contribution in [3.05, 3.63) is 90.3 Å². The Kier molecular flexibility index (Phi) is 7.29. The molecule has 31 heavy (non-hydrogen) atoms. The molecular weight excluding hydrogens is 384 g/mol. The number of aromatic nitrogens is 1. The largest absolute Gasteiger partial charge is 0.335 e. The van der Waals surface area contributed by atoms with Crippen LogP contribution in [0.2, 0.25) is 0 Å². The lowest BCUT2D eigenvalue weighted by Crippen LogP contribution is -2.45. The van der Waals surface area contributed by atoms with Gasteiger partial charge in [-0.3, -0.25) is 4.98 Å². The number of carbonyl (C=O) groups is 1. The minimum atomic E-state index is -0.1000. The number of pyridine rings is 1. The van der Waals surface area contributed by atoms with E-state index in [1.165, 1.54) is 16.7 Å². The molecule has 1 aromatic heterocycles. The first-order valence-corrected chi connectivity index (χ1v) is 11.1. The van der Waals surface area contributed by atoms with E-state index < -0.39 is 0 Å². The lowest BCUT2D eigenvalue weighted by molar-refractivity contribution is 0.228. The van der Waals surface area contributed by atoms with Gasteiger partial charge in [0.25, 0.3) is 0 Å². The van der Waals surface area contributed by atoms with Crippen LogP contribution in [0.15, 0.2) is 79.1 Å². The van der Waals surface area contributed by atoms with Crippen LogP contribution in [0, 0.1) is 0 Å². The first-order valence-electron chi connectivity index (χ1n) is 11.1. The molecule has 1 aliphatic rings. The minimum absolute atomic E-state index is 0.1000. The van der Waals surface area contributed by atoms with Crippen LogP contribution >= 0.6 is 0 Å². The van der Waals surface area contributed by atoms with Gasteiger partial charge in [-0.1, -0.05) is 60.7 Å². The molecule has 5 heteroatoms. The molecule has 0 saturated heterocycles. The third-order valence-electron chi connectivity index (χ3n) is 5.92. The number of hydrogen-bond acceptors (Lipinski definition) is 3. The molecule has 2 aromatic carbocycles. The predicted molar refractivity (Wildman–Crippen MR) is 124 cm³/mol. The van der Waals surface area contributed by atoms with Crippen molar-refractivity contribution in [1.82, 2.24) is 20.9 Å². The third-order valence-corrected chi connectivity index (χ3v) is 5.92. The highest BCUT2D eigenvalue weighted by Gasteiger charge is 2.22. The summed E-state index contributed by atoms with van der Waals surface area (Å²) in [4.78, 5) is 16.3. The summed E-state index contributed by atoms with van der Waals surface area (Å²) in [7, 11) is 0. The van der Waals surface area contributed by atoms with Crippen LogP contribution in [-0.4, -0.2) is 23.1 Å². The molecule has 1 heterocycles. The predicted octanol–water partition coefficient (Wildman–Crippen LogP) is 4.65. The van der Waals surface area contributed by atoms with Crippen LogP contribution < -0.4 is 16.0 Å². The number of rotatable bonds is 7. The van der Waals surface area contributed by atoms with Gasteiger partial charge < -0.3 is 16.0 Å². The highest BCUT2D eigenvalue weighted by Crippen LogP contribution is 2.24. The molecule has 1 saturated carbocycles. The molecule has 5 nitrogen and oxygen atoms in total. The normalized spacial score (nSPS) is 18.3. The van der Waals surface area contributed by atoms with Crippen molar-refractivity contribution in [2.24, 2.45) is 0 Å². The second-order valence-electron chi connectivity index (χ2n) is 8.14. The summed E-state index contributed by atoms with van der Waals surface area (Å²) in [5, 5.41) is 9.77. The standard InChI is InChI=1S/C26H30N4O/c31-26(29-18-20-7-6-16-27-17-20)30-24-14-12-23(13-15-24)28-19-22-10-4-5-11-25(22)21-8-2-1-3-9-21/h1-11,16-17,23-24,28H,12-15,18-19H2,(H2,29,30,31)/t23-,24-. The van der Waals surface area contributed by atoms with Gasteiger partial charge in [0, 0.05) is 37.6 Å². The van der Waals surface area contributed by atoms with E-state index in [0.29, 0.717) is 12.6 Å². The average molecular weight is 415 g/mol. The summed E-state index contributed by atoms with van der Waals surface area (Å²) in [6.07, 6.45) is 7.64. The van der Waals surface area contributed by atoms with Crippen LogP contribution in [0.1, 0.15) is 36.8 Å². The van der Waals surface area contributed by atoms with Gasteiger partial charge in [0.05, 0.1) is 0 Å². The maximum absolute atomic E-state index is 12.2. The van der Waals surface area contributed by atoms with Crippen molar-refractivity contribution in [3.63, 3.8) is 0 Å². The van der Waals surface area contributed by atoms with Crippen LogP contribution in [-0.2, 0) is 13.1 Å². The quantitative estimate of drug-likeness (QED) is 0.527. The average Bonchev–Trinajstić information content (AvgIpc) is 2.84. The number of amides is 2. The zero-order valence-corrected chi connectivity index (χ0v) is 17.8. The Balaban J connectivity index is 1.21. The summed E-state index contributed by atoms with van der Waals surface area (Å²) in [6, 6.07) is 23.6. The van der Waals surface area contributed by atoms with Gasteiger partial charge in [-0.15, -0.1) is 0 Å². The number of urea groups is 1. The summed E-state index contributed by atoms with van der Waals surface area (Å²) in [5.74, 6) is 0. The Morgan fingerprint density at radius 3 is 2.35 bits per heavy atom. The molecule has 2 amide bonds. The Morgan fingerprint density at radius 1 is 0.839 bits per heavy atom. The number of nitrogens with one attached hydrogen (secondary N) is 3. The van der Waals surface area contributed by atoms with Crippen molar-refractivity contribution in [2.45, 2.75) is 50.9 Å². The molecule has 0 atom stereocenters. The van der Waals surface area contributed by atoms with Gasteiger partial charge in [-0.2, -0.15) is 0 Å². The first kappa shape index (κ1) is 21.1. The van der Waals surface area contributed by atoms with Gasteiger partial charge in [-0.05, 0) is 54.0 Å². The molecule has 160 valence electrons. The smallest absolute Gasteiger partial charge is 0.315 e. The van der Waals surface area contributed by atoms with Crippen molar-refractivity contribution in [3.8, 4) is 11.1 Å². The highest BCUT2D eigenvalue weighted by atomic mass is 16.2. The fourth-order valence-electron chi connectivity index (χ4n) is 4.19. The Labute approximate surface area is 184 Å². The Bertz CT molecular complexity index is 953. The molecular formula is C26H30N4O. The summed E-state index contributed by atoms with van der Waals surface area (Å²) < 4.78 is 0. The van der Waals surface area contributed by atoms with Crippen molar-refractivity contribution < 1.29 is 4.79 Å². The topological polar surface area (TPSA) is 66.0 Å². The second kappa shape index (κ2) is 10.7. The fraction of sp³-hybridized carbons (Fsp3) is 0.308. The number of hydrogen-bond donors (Lipinski definition) is 3. The summed E-state index contributed by atoms with van der Waals surface area (Å²) in [6.45, 7) is 1.36. The van der Waals surface area contributed by atoms with Crippen LogP contribution in [0.5, 0.6) is 0 Å². The third kappa shape index (κ3) is 6.15. The second-order valence-corrected chi connectivity index (χ2v) is 8.14. The zero-order valence-electron chi connectivity index (χ0n) is 17.8. The van der Waals surface area contributed by atoms with Crippen LogP contribution in [0.3, 0.4) is 0 Å². The molecule has 3 aromatic rings. The molecule has 3 N–H and O–H groups in total. The maximum atomic E-state index is 12.2. The van der Waals surface area contributed by atoms with Gasteiger partial charge in [0.15, 0.2) is 0 Å². The zero-order chi connectivity index (χ0) is 21.3. The number of nitrogens with zero attached hydrogens (tertiary/aromatic N) is 1. The molecule has 0 radical (unpaired) electrons. The van der Waals surface area contributed by atoms with Gasteiger partial charge in [-0.25, -0.2) is 4.79 Å². The lowest BCUT2D eigenvalue weighted by atomic mass is 9.91. The van der Waals surface area contributed by atoms with E-state index in [0.717, 1.165) is 37.8 Å². The van der Waals surface area contributed by atoms with E-state index in [1.54, 1.807) is 12.4 Å². The lowest BCUT2D eigenvalue weighted by Gasteiger charge is -2.30.